The number of piperazine rings is 1. The molecule has 0 amide bonds. The number of hydrogen-bond acceptors (Lipinski definition) is 4. The average Bonchev–Trinajstić information content (AvgIpc) is 2.38. The van der Waals surface area contributed by atoms with Gasteiger partial charge in [-0.15, -0.1) is 12.4 Å². The van der Waals surface area contributed by atoms with Crippen molar-refractivity contribution in [3.05, 3.63) is 24.3 Å². The van der Waals surface area contributed by atoms with Crippen molar-refractivity contribution >= 4 is 34.2 Å². The molecule has 120 valence electrons. The van der Waals surface area contributed by atoms with Crippen LogP contribution < -0.4 is 5.32 Å². The van der Waals surface area contributed by atoms with Crippen LogP contribution in [0.2, 0.25) is 0 Å². The summed E-state index contributed by atoms with van der Waals surface area (Å²) in [5.41, 5.74) is -4.38. The van der Waals surface area contributed by atoms with Crippen molar-refractivity contribution in [3.8, 4) is 0 Å². The third-order valence-corrected chi connectivity index (χ3v) is 5.42. The van der Waals surface area contributed by atoms with Crippen LogP contribution in [0.15, 0.2) is 34.1 Å². The fourth-order valence-corrected chi connectivity index (χ4v) is 3.83. The molecule has 21 heavy (non-hydrogen) atoms. The second-order valence-corrected chi connectivity index (χ2v) is 7.25. The third kappa shape index (κ3) is 5.03. The SMILES string of the molecule is Cl.O=S(=O)(c1ccc(SC(F)(F)F)cc1)N1CCNCC1. The van der Waals surface area contributed by atoms with Gasteiger partial charge in [0, 0.05) is 31.1 Å². The smallest absolute Gasteiger partial charge is 0.314 e. The Morgan fingerprint density at radius 1 is 1.10 bits per heavy atom. The van der Waals surface area contributed by atoms with Crippen molar-refractivity contribution in [2.24, 2.45) is 0 Å². The van der Waals surface area contributed by atoms with Crippen LogP contribution in [0.1, 0.15) is 0 Å². The van der Waals surface area contributed by atoms with Crippen molar-refractivity contribution in [2.45, 2.75) is 15.3 Å². The molecule has 10 heteroatoms. The van der Waals surface area contributed by atoms with Crippen LogP contribution in [0, 0.1) is 0 Å². The molecule has 1 saturated heterocycles. The first-order chi connectivity index (χ1) is 9.29. The molecule has 0 bridgehead atoms. The molecule has 0 aromatic heterocycles. The maximum absolute atomic E-state index is 12.3. The Labute approximate surface area is 131 Å². The Bertz CT molecular complexity index is 558. The van der Waals surface area contributed by atoms with Gasteiger partial charge in [-0.2, -0.15) is 17.5 Å². The van der Waals surface area contributed by atoms with E-state index < -0.39 is 15.5 Å². The van der Waals surface area contributed by atoms with E-state index in [1.54, 1.807) is 0 Å². The zero-order valence-corrected chi connectivity index (χ0v) is 13.2. The molecule has 1 aromatic rings. The highest BCUT2D eigenvalue weighted by Crippen LogP contribution is 2.37. The van der Waals surface area contributed by atoms with Gasteiger partial charge in [0.1, 0.15) is 0 Å². The van der Waals surface area contributed by atoms with Crippen LogP contribution in [-0.2, 0) is 10.0 Å². The number of alkyl halides is 3. The summed E-state index contributed by atoms with van der Waals surface area (Å²) in [5.74, 6) is 0. The molecule has 1 N–H and O–H groups in total. The van der Waals surface area contributed by atoms with Crippen molar-refractivity contribution in [3.63, 3.8) is 0 Å². The highest BCUT2D eigenvalue weighted by atomic mass is 35.5. The van der Waals surface area contributed by atoms with E-state index in [2.05, 4.69) is 5.32 Å². The van der Waals surface area contributed by atoms with Gasteiger partial charge < -0.3 is 5.32 Å². The van der Waals surface area contributed by atoms with Gasteiger partial charge in [0.25, 0.3) is 0 Å². The first-order valence-electron chi connectivity index (χ1n) is 5.86. The lowest BCUT2D eigenvalue weighted by molar-refractivity contribution is -0.0328. The summed E-state index contributed by atoms with van der Waals surface area (Å²) in [6.07, 6.45) is 0. The van der Waals surface area contributed by atoms with Gasteiger partial charge in [-0.1, -0.05) is 0 Å². The standard InChI is InChI=1S/C11H13F3N2O2S2.ClH/c12-11(13,14)19-9-1-3-10(4-2-9)20(17,18)16-7-5-15-6-8-16;/h1-4,15H,5-8H2;1H. The molecule has 1 aliphatic heterocycles. The molecule has 0 aliphatic carbocycles. The Morgan fingerprint density at radius 3 is 2.10 bits per heavy atom. The van der Waals surface area contributed by atoms with E-state index in [0.717, 1.165) is 0 Å². The Balaban J connectivity index is 0.00000220. The van der Waals surface area contributed by atoms with E-state index in [0.29, 0.717) is 26.2 Å². The highest BCUT2D eigenvalue weighted by Gasteiger charge is 2.30. The zero-order valence-electron chi connectivity index (χ0n) is 10.8. The minimum atomic E-state index is -4.38. The van der Waals surface area contributed by atoms with Crippen LogP contribution in [0.3, 0.4) is 0 Å². The first-order valence-corrected chi connectivity index (χ1v) is 8.11. The molecular weight excluding hydrogens is 349 g/mol. The zero-order chi connectivity index (χ0) is 14.8. The van der Waals surface area contributed by atoms with Crippen LogP contribution in [0.5, 0.6) is 0 Å². The van der Waals surface area contributed by atoms with E-state index in [1.807, 2.05) is 0 Å². The van der Waals surface area contributed by atoms with E-state index in [1.165, 1.54) is 28.6 Å². The maximum atomic E-state index is 12.3. The van der Waals surface area contributed by atoms with Crippen LogP contribution in [0.4, 0.5) is 13.2 Å². The van der Waals surface area contributed by atoms with Crippen LogP contribution in [0.25, 0.3) is 0 Å². The summed E-state index contributed by atoms with van der Waals surface area (Å²) in [5, 5.41) is 3.04. The van der Waals surface area contributed by atoms with Gasteiger partial charge in [0.15, 0.2) is 0 Å². The second-order valence-electron chi connectivity index (χ2n) is 4.17. The summed E-state index contributed by atoms with van der Waals surface area (Å²) in [6.45, 7) is 1.87. The van der Waals surface area contributed by atoms with Gasteiger partial charge in [0.05, 0.1) is 4.90 Å². The quantitative estimate of drug-likeness (QED) is 0.838. The monoisotopic (exact) mass is 362 g/mol. The molecule has 0 saturated carbocycles. The van der Waals surface area contributed by atoms with Gasteiger partial charge in [-0.3, -0.25) is 0 Å². The highest BCUT2D eigenvalue weighted by molar-refractivity contribution is 8.00. The van der Waals surface area contributed by atoms with E-state index >= 15 is 0 Å². The van der Waals surface area contributed by atoms with Gasteiger partial charge in [-0.25, -0.2) is 8.42 Å². The van der Waals surface area contributed by atoms with Gasteiger partial charge in [0.2, 0.25) is 10.0 Å². The van der Waals surface area contributed by atoms with Crippen molar-refractivity contribution in [1.82, 2.24) is 9.62 Å². The van der Waals surface area contributed by atoms with Crippen molar-refractivity contribution in [2.75, 3.05) is 26.2 Å². The predicted octanol–water partition coefficient (Wildman–Crippen LogP) is 2.31. The molecule has 0 radical (unpaired) electrons. The maximum Gasteiger partial charge on any atom is 0.446 e. The number of thioether (sulfide) groups is 1. The number of rotatable bonds is 3. The topological polar surface area (TPSA) is 49.4 Å². The number of nitrogens with one attached hydrogen (secondary N) is 1. The second kappa shape index (κ2) is 7.19. The molecule has 0 spiro atoms. The molecule has 4 nitrogen and oxygen atoms in total. The minimum Gasteiger partial charge on any atom is -0.314 e. The number of benzene rings is 1. The van der Waals surface area contributed by atoms with Crippen LogP contribution >= 0.6 is 24.2 Å². The fourth-order valence-electron chi connectivity index (χ4n) is 1.85. The molecular formula is C11H14ClF3N2O2S2. The minimum absolute atomic E-state index is 0. The molecule has 1 aliphatic rings. The third-order valence-electron chi connectivity index (χ3n) is 2.77. The summed E-state index contributed by atoms with van der Waals surface area (Å²) in [6, 6.07) is 4.78. The Kier molecular flexibility index (Phi) is 6.36. The van der Waals surface area contributed by atoms with E-state index in [-0.39, 0.29) is 34.0 Å². The van der Waals surface area contributed by atoms with E-state index in [4.69, 9.17) is 0 Å². The van der Waals surface area contributed by atoms with Gasteiger partial charge >= 0.3 is 5.51 Å². The number of nitrogens with zero attached hydrogens (tertiary/aromatic N) is 1. The summed E-state index contributed by atoms with van der Waals surface area (Å²) >= 11 is -0.263. The van der Waals surface area contributed by atoms with Crippen molar-refractivity contribution in [1.29, 1.82) is 0 Å². The van der Waals surface area contributed by atoms with Gasteiger partial charge in [-0.05, 0) is 36.0 Å². The molecule has 1 fully saturated rings. The predicted molar refractivity (Wildman–Crippen MR) is 77.2 cm³/mol. The van der Waals surface area contributed by atoms with E-state index in [9.17, 15) is 21.6 Å². The lowest BCUT2D eigenvalue weighted by atomic mass is 10.4. The molecule has 0 atom stereocenters. The normalized spacial score (nSPS) is 17.3. The number of hydrogen-bond donors (Lipinski definition) is 1. The van der Waals surface area contributed by atoms with Crippen LogP contribution in [-0.4, -0.2) is 44.4 Å². The summed E-state index contributed by atoms with van der Waals surface area (Å²) < 4.78 is 62.4. The lowest BCUT2D eigenvalue weighted by Crippen LogP contribution is -2.46. The molecule has 1 aromatic carbocycles. The van der Waals surface area contributed by atoms with Crippen molar-refractivity contribution < 1.29 is 21.6 Å². The number of halogens is 4. The first kappa shape index (κ1) is 18.6. The lowest BCUT2D eigenvalue weighted by Gasteiger charge is -2.26. The summed E-state index contributed by atoms with van der Waals surface area (Å²) in [4.78, 5) is -0.0114. The Morgan fingerprint density at radius 2 is 1.62 bits per heavy atom. The summed E-state index contributed by atoms with van der Waals surface area (Å²) in [7, 11) is -3.62. The average molecular weight is 363 g/mol. The number of sulfonamides is 1. The largest absolute Gasteiger partial charge is 0.446 e. The molecule has 1 heterocycles. The molecule has 2 rings (SSSR count). The molecule has 0 unspecified atom stereocenters. The Hall–Kier alpha value is -0.480. The fraction of sp³-hybridized carbons (Fsp3) is 0.455.